The Bertz CT molecular complexity index is 1350. The van der Waals surface area contributed by atoms with Gasteiger partial charge < -0.3 is 14.4 Å². The summed E-state index contributed by atoms with van der Waals surface area (Å²) in [5.74, 6) is 0.791. The largest absolute Gasteiger partial charge is 0.361 e. The number of piperidine rings is 1. The third kappa shape index (κ3) is 4.65. The number of benzene rings is 2. The Morgan fingerprint density at radius 1 is 1.09 bits per heavy atom. The summed E-state index contributed by atoms with van der Waals surface area (Å²) in [6.45, 7) is 2.98. The van der Waals surface area contributed by atoms with Gasteiger partial charge in [0, 0.05) is 49.3 Å². The molecule has 2 aromatic heterocycles. The fourth-order valence-corrected chi connectivity index (χ4v) is 4.82. The van der Waals surface area contributed by atoms with E-state index in [2.05, 4.69) is 15.0 Å². The number of non-ortho nitro benzene ring substituents is 1. The lowest BCUT2D eigenvalue weighted by Crippen LogP contribution is -2.37. The van der Waals surface area contributed by atoms with Crippen molar-refractivity contribution in [3.63, 3.8) is 0 Å². The zero-order valence-corrected chi connectivity index (χ0v) is 18.9. The number of para-hydroxylation sites is 2. The summed E-state index contributed by atoms with van der Waals surface area (Å²) < 4.78 is 7.37. The number of imidazole rings is 1. The molecular formula is C25H27N5O4. The average Bonchev–Trinajstić information content (AvgIpc) is 3.46. The van der Waals surface area contributed by atoms with Crippen LogP contribution in [0.3, 0.4) is 0 Å². The van der Waals surface area contributed by atoms with E-state index in [4.69, 9.17) is 4.52 Å². The van der Waals surface area contributed by atoms with E-state index in [1.165, 1.54) is 12.1 Å². The number of aromatic nitrogens is 3. The molecule has 3 heterocycles. The van der Waals surface area contributed by atoms with E-state index < -0.39 is 4.92 Å². The van der Waals surface area contributed by atoms with Crippen molar-refractivity contribution in [3.05, 3.63) is 81.0 Å². The number of fused-ring (bicyclic) bond motifs is 1. The summed E-state index contributed by atoms with van der Waals surface area (Å²) in [7, 11) is 0. The monoisotopic (exact) mass is 461 g/mol. The van der Waals surface area contributed by atoms with Crippen molar-refractivity contribution < 1.29 is 9.45 Å². The van der Waals surface area contributed by atoms with E-state index >= 15 is 0 Å². The maximum Gasteiger partial charge on any atom is 0.326 e. The smallest absolute Gasteiger partial charge is 0.326 e. The molecule has 1 aliphatic heterocycles. The van der Waals surface area contributed by atoms with Crippen molar-refractivity contribution in [3.8, 4) is 11.3 Å². The maximum absolute atomic E-state index is 12.5. The SMILES string of the molecule is O=c1[nH]c2ccccc2n1C1CCN(CCCCc2cc(-c3cccc([N+](=O)[O-])c3)no2)CC1. The van der Waals surface area contributed by atoms with Gasteiger partial charge in [-0.1, -0.05) is 29.4 Å². The number of hydrogen-bond donors (Lipinski definition) is 1. The zero-order valence-electron chi connectivity index (χ0n) is 18.9. The molecule has 0 radical (unpaired) electrons. The molecule has 34 heavy (non-hydrogen) atoms. The lowest BCUT2D eigenvalue weighted by atomic mass is 10.0. The molecule has 1 saturated heterocycles. The number of aryl methyl sites for hydroxylation is 1. The van der Waals surface area contributed by atoms with Gasteiger partial charge in [-0.2, -0.15) is 0 Å². The van der Waals surface area contributed by atoms with Crippen LogP contribution in [0, 0.1) is 10.1 Å². The summed E-state index contributed by atoms with van der Waals surface area (Å²) in [4.78, 5) is 28.4. The Hall–Kier alpha value is -3.72. The molecule has 0 atom stereocenters. The van der Waals surface area contributed by atoms with E-state index in [-0.39, 0.29) is 17.4 Å². The average molecular weight is 462 g/mol. The number of nitro benzene ring substituents is 1. The van der Waals surface area contributed by atoms with Gasteiger partial charge in [0.2, 0.25) is 0 Å². The second kappa shape index (κ2) is 9.64. The van der Waals surface area contributed by atoms with E-state index in [1.54, 1.807) is 12.1 Å². The third-order valence-electron chi connectivity index (χ3n) is 6.61. The number of hydrogen-bond acceptors (Lipinski definition) is 6. The molecule has 1 N–H and O–H groups in total. The zero-order chi connectivity index (χ0) is 23.5. The van der Waals surface area contributed by atoms with Crippen LogP contribution in [0.15, 0.2) is 63.9 Å². The van der Waals surface area contributed by atoms with Crippen LogP contribution in [0.2, 0.25) is 0 Å². The molecule has 176 valence electrons. The first-order chi connectivity index (χ1) is 16.6. The predicted octanol–water partition coefficient (Wildman–Crippen LogP) is 4.55. The Morgan fingerprint density at radius 3 is 2.74 bits per heavy atom. The number of unbranched alkanes of at least 4 members (excludes halogenated alkanes) is 1. The Balaban J connectivity index is 1.09. The first-order valence-electron chi connectivity index (χ1n) is 11.7. The molecule has 0 amide bonds. The standard InChI is InChI=1S/C25H27N5O4/c31-25-26-22-9-1-2-10-24(22)29(25)19-11-14-28(15-12-19)13-4-3-8-21-17-23(27-34-21)18-6-5-7-20(16-18)30(32)33/h1-2,5-7,9-10,16-17,19H,3-4,8,11-15H2,(H,26,31). The maximum atomic E-state index is 12.5. The summed E-state index contributed by atoms with van der Waals surface area (Å²) in [6, 6.07) is 16.4. The van der Waals surface area contributed by atoms with E-state index in [0.717, 1.165) is 68.5 Å². The van der Waals surface area contributed by atoms with Gasteiger partial charge in [0.1, 0.15) is 11.5 Å². The highest BCUT2D eigenvalue weighted by atomic mass is 16.6. The van der Waals surface area contributed by atoms with Gasteiger partial charge >= 0.3 is 5.69 Å². The molecule has 0 aliphatic carbocycles. The molecule has 5 rings (SSSR count). The highest BCUT2D eigenvalue weighted by Gasteiger charge is 2.23. The Morgan fingerprint density at radius 2 is 1.91 bits per heavy atom. The van der Waals surface area contributed by atoms with Gasteiger partial charge in [-0.3, -0.25) is 14.7 Å². The van der Waals surface area contributed by atoms with Crippen LogP contribution in [-0.4, -0.2) is 44.2 Å². The molecule has 9 heteroatoms. The number of H-pyrrole nitrogens is 1. The minimum absolute atomic E-state index is 0.0174. The third-order valence-corrected chi connectivity index (χ3v) is 6.61. The van der Waals surface area contributed by atoms with Crippen LogP contribution < -0.4 is 5.69 Å². The predicted molar refractivity (Wildman–Crippen MR) is 129 cm³/mol. The van der Waals surface area contributed by atoms with Crippen molar-refractivity contribution in [2.75, 3.05) is 19.6 Å². The van der Waals surface area contributed by atoms with E-state index in [0.29, 0.717) is 11.3 Å². The lowest BCUT2D eigenvalue weighted by Gasteiger charge is -2.32. The van der Waals surface area contributed by atoms with Crippen molar-refractivity contribution in [2.45, 2.75) is 38.1 Å². The van der Waals surface area contributed by atoms with Crippen LogP contribution in [0.5, 0.6) is 0 Å². The van der Waals surface area contributed by atoms with Gasteiger partial charge in [0.05, 0.1) is 16.0 Å². The van der Waals surface area contributed by atoms with Crippen LogP contribution in [0.4, 0.5) is 5.69 Å². The molecule has 0 bridgehead atoms. The molecule has 1 aliphatic rings. The quantitative estimate of drug-likeness (QED) is 0.234. The first kappa shape index (κ1) is 22.1. The second-order valence-corrected chi connectivity index (χ2v) is 8.83. The molecule has 0 unspecified atom stereocenters. The normalized spacial score (nSPS) is 15.2. The Kier molecular flexibility index (Phi) is 6.27. The molecule has 1 fully saturated rings. The molecule has 9 nitrogen and oxygen atoms in total. The number of nitro groups is 1. The van der Waals surface area contributed by atoms with E-state index in [9.17, 15) is 14.9 Å². The number of nitrogens with zero attached hydrogens (tertiary/aromatic N) is 4. The summed E-state index contributed by atoms with van der Waals surface area (Å²) in [5, 5.41) is 15.1. The van der Waals surface area contributed by atoms with Gasteiger partial charge in [-0.15, -0.1) is 0 Å². The van der Waals surface area contributed by atoms with Gasteiger partial charge in [-0.05, 0) is 44.4 Å². The molecule has 0 spiro atoms. The topological polar surface area (TPSA) is 110 Å². The fourth-order valence-electron chi connectivity index (χ4n) is 4.82. The minimum atomic E-state index is -0.411. The first-order valence-corrected chi connectivity index (χ1v) is 11.7. The van der Waals surface area contributed by atoms with Crippen LogP contribution in [-0.2, 0) is 6.42 Å². The molecule has 4 aromatic rings. The minimum Gasteiger partial charge on any atom is -0.361 e. The van der Waals surface area contributed by atoms with Crippen molar-refractivity contribution in [1.82, 2.24) is 19.6 Å². The summed E-state index contributed by atoms with van der Waals surface area (Å²) in [6.07, 6.45) is 4.74. The van der Waals surface area contributed by atoms with Crippen LogP contribution in [0.25, 0.3) is 22.3 Å². The second-order valence-electron chi connectivity index (χ2n) is 8.83. The Labute approximate surface area is 196 Å². The lowest BCUT2D eigenvalue weighted by molar-refractivity contribution is -0.384. The number of rotatable bonds is 8. The molecular weight excluding hydrogens is 434 g/mol. The highest BCUT2D eigenvalue weighted by Crippen LogP contribution is 2.26. The van der Waals surface area contributed by atoms with Crippen molar-refractivity contribution in [2.24, 2.45) is 0 Å². The van der Waals surface area contributed by atoms with E-state index in [1.807, 2.05) is 34.9 Å². The number of likely N-dealkylation sites (tertiary alicyclic amines) is 1. The number of nitrogens with one attached hydrogen (secondary N) is 1. The van der Waals surface area contributed by atoms with Crippen LogP contribution >= 0.6 is 0 Å². The van der Waals surface area contributed by atoms with Gasteiger partial charge in [-0.25, -0.2) is 4.79 Å². The summed E-state index contributed by atoms with van der Waals surface area (Å²) >= 11 is 0. The van der Waals surface area contributed by atoms with Gasteiger partial charge in [0.25, 0.3) is 5.69 Å². The van der Waals surface area contributed by atoms with Crippen molar-refractivity contribution in [1.29, 1.82) is 0 Å². The highest BCUT2D eigenvalue weighted by molar-refractivity contribution is 5.75. The van der Waals surface area contributed by atoms with Gasteiger partial charge in [0.15, 0.2) is 0 Å². The summed E-state index contributed by atoms with van der Waals surface area (Å²) in [5.41, 5.74) is 3.21. The molecule has 2 aromatic carbocycles. The number of aromatic amines is 1. The fraction of sp³-hybridized carbons (Fsp3) is 0.360. The van der Waals surface area contributed by atoms with Crippen molar-refractivity contribution >= 4 is 16.7 Å². The molecule has 0 saturated carbocycles. The van der Waals surface area contributed by atoms with Crippen LogP contribution in [0.1, 0.15) is 37.5 Å².